The molecule has 0 N–H and O–H groups in total. The number of hydrogen-bond acceptors (Lipinski definition) is 8. The summed E-state index contributed by atoms with van der Waals surface area (Å²) in [6, 6.07) is 19.1. The Morgan fingerprint density at radius 3 is 2.58 bits per heavy atom. The zero-order chi connectivity index (χ0) is 30.5. The maximum atomic E-state index is 14.3. The minimum atomic E-state index is -0.909. The van der Waals surface area contributed by atoms with Gasteiger partial charge in [0.15, 0.2) is 4.80 Å². The van der Waals surface area contributed by atoms with Gasteiger partial charge in [0, 0.05) is 27.2 Å². The zero-order valence-corrected chi connectivity index (χ0v) is 26.0. The lowest BCUT2D eigenvalue weighted by atomic mass is 9.92. The summed E-state index contributed by atoms with van der Waals surface area (Å²) in [5, 5.41) is 0. The van der Waals surface area contributed by atoms with E-state index in [0.29, 0.717) is 49.0 Å². The van der Waals surface area contributed by atoms with Crippen LogP contribution in [0.5, 0.6) is 17.2 Å². The second-order valence-corrected chi connectivity index (χ2v) is 11.1. The third kappa shape index (κ3) is 6.00. The van der Waals surface area contributed by atoms with Gasteiger partial charge in [0.05, 0.1) is 36.6 Å². The molecule has 0 radical (unpaired) electrons. The number of esters is 1. The second kappa shape index (κ2) is 13.2. The summed E-state index contributed by atoms with van der Waals surface area (Å²) >= 11 is 4.70. The predicted octanol–water partition coefficient (Wildman–Crippen LogP) is 4.73. The van der Waals surface area contributed by atoms with Gasteiger partial charge >= 0.3 is 5.97 Å². The Morgan fingerprint density at radius 1 is 1.09 bits per heavy atom. The molecule has 0 unspecified atom stereocenters. The summed E-state index contributed by atoms with van der Waals surface area (Å²) in [6.07, 6.45) is 7.15. The molecule has 218 valence electrons. The third-order valence-corrected chi connectivity index (χ3v) is 8.15. The van der Waals surface area contributed by atoms with Crippen LogP contribution in [0.15, 0.2) is 86.6 Å². The molecule has 1 atom stereocenters. The average Bonchev–Trinajstić information content (AvgIpc) is 3.34. The van der Waals surface area contributed by atoms with Crippen LogP contribution < -0.4 is 29.1 Å². The van der Waals surface area contributed by atoms with Crippen molar-refractivity contribution in [2.75, 3.05) is 27.4 Å². The van der Waals surface area contributed by atoms with Crippen LogP contribution in [0.2, 0.25) is 0 Å². The molecule has 4 aromatic rings. The van der Waals surface area contributed by atoms with Gasteiger partial charge in [-0.25, -0.2) is 9.79 Å². The number of rotatable bonds is 9. The van der Waals surface area contributed by atoms with E-state index in [1.165, 1.54) is 23.0 Å². The molecular formula is C33H27BrN2O6S. The van der Waals surface area contributed by atoms with Crippen molar-refractivity contribution < 1.29 is 23.7 Å². The SMILES string of the molecule is C#CCOc1ccc(Br)cc1/C=c1\sc2n(c1=O)[C@@H](c1ccc(OC)cc1OC)C(C(=O)OCC)=C(c1ccccc1)N=2. The molecule has 0 amide bonds. The Kier molecular flexibility index (Phi) is 9.14. The first-order chi connectivity index (χ1) is 20.9. The van der Waals surface area contributed by atoms with Gasteiger partial charge in [-0.05, 0) is 43.3 Å². The van der Waals surface area contributed by atoms with E-state index < -0.39 is 12.0 Å². The van der Waals surface area contributed by atoms with Crippen molar-refractivity contribution >= 4 is 45.0 Å². The summed E-state index contributed by atoms with van der Waals surface area (Å²) in [7, 11) is 3.08. The number of carbonyl (C=O) groups is 1. The number of terminal acetylenes is 1. The molecule has 1 aromatic heterocycles. The van der Waals surface area contributed by atoms with Gasteiger partial charge in [0.2, 0.25) is 0 Å². The number of carbonyl (C=O) groups excluding carboxylic acids is 1. The highest BCUT2D eigenvalue weighted by molar-refractivity contribution is 9.10. The molecule has 0 fully saturated rings. The van der Waals surface area contributed by atoms with Crippen molar-refractivity contribution in [3.05, 3.63) is 113 Å². The number of ether oxygens (including phenoxy) is 4. The van der Waals surface area contributed by atoms with E-state index in [0.717, 1.165) is 4.47 Å². The molecule has 0 aliphatic carbocycles. The molecule has 0 spiro atoms. The summed E-state index contributed by atoms with van der Waals surface area (Å²) in [5.74, 6) is 3.41. The summed E-state index contributed by atoms with van der Waals surface area (Å²) in [6.45, 7) is 1.95. The van der Waals surface area contributed by atoms with Crippen LogP contribution in [0.4, 0.5) is 0 Å². The fourth-order valence-electron chi connectivity index (χ4n) is 4.80. The molecule has 0 bridgehead atoms. The van der Waals surface area contributed by atoms with Gasteiger partial charge in [0.1, 0.15) is 29.9 Å². The van der Waals surface area contributed by atoms with Crippen LogP contribution in [0, 0.1) is 12.3 Å². The van der Waals surface area contributed by atoms with E-state index in [1.54, 1.807) is 44.4 Å². The normalized spacial score (nSPS) is 14.4. The Hall–Kier alpha value is -4.59. The molecule has 0 saturated carbocycles. The maximum absolute atomic E-state index is 14.3. The molecule has 0 saturated heterocycles. The largest absolute Gasteiger partial charge is 0.497 e. The predicted molar refractivity (Wildman–Crippen MR) is 169 cm³/mol. The lowest BCUT2D eigenvalue weighted by Crippen LogP contribution is -2.40. The lowest BCUT2D eigenvalue weighted by Gasteiger charge is -2.27. The highest BCUT2D eigenvalue weighted by Gasteiger charge is 2.36. The Labute approximate surface area is 260 Å². The molecule has 10 heteroatoms. The Bertz CT molecular complexity index is 1940. The van der Waals surface area contributed by atoms with E-state index in [1.807, 2.05) is 42.5 Å². The summed E-state index contributed by atoms with van der Waals surface area (Å²) in [5.41, 5.74) is 2.22. The number of methoxy groups -OCH3 is 2. The molecule has 2 heterocycles. The quantitative estimate of drug-likeness (QED) is 0.191. The maximum Gasteiger partial charge on any atom is 0.338 e. The van der Waals surface area contributed by atoms with Gasteiger partial charge in [-0.15, -0.1) is 6.42 Å². The second-order valence-electron chi connectivity index (χ2n) is 9.21. The third-order valence-electron chi connectivity index (χ3n) is 6.68. The van der Waals surface area contributed by atoms with Crippen LogP contribution in [-0.2, 0) is 9.53 Å². The Balaban J connectivity index is 1.85. The standard InChI is InChI=1S/C33H27BrN2O6S/c1-5-16-42-25-15-12-22(34)17-21(25)18-27-31(37)36-30(24-14-13-23(39-3)19-26(24)40-4)28(32(38)41-6-2)29(35-33(36)43-27)20-10-8-7-9-11-20/h1,7-15,17-19,30H,6,16H2,2-4H3/b27-18-/t30-/m0/s1. The fraction of sp³-hybridized carbons (Fsp3) is 0.182. The lowest BCUT2D eigenvalue weighted by molar-refractivity contribution is -0.138. The van der Waals surface area contributed by atoms with Gasteiger partial charge in [0.25, 0.3) is 5.56 Å². The van der Waals surface area contributed by atoms with E-state index in [2.05, 4.69) is 21.9 Å². The van der Waals surface area contributed by atoms with Crippen molar-refractivity contribution in [2.24, 2.45) is 4.99 Å². The van der Waals surface area contributed by atoms with E-state index in [-0.39, 0.29) is 24.3 Å². The molecule has 5 rings (SSSR count). The number of thiazole rings is 1. The minimum absolute atomic E-state index is 0.0737. The molecule has 1 aliphatic rings. The van der Waals surface area contributed by atoms with Crippen molar-refractivity contribution in [1.29, 1.82) is 0 Å². The van der Waals surface area contributed by atoms with Gasteiger partial charge in [-0.2, -0.15) is 0 Å². The summed E-state index contributed by atoms with van der Waals surface area (Å²) < 4.78 is 25.1. The first-order valence-corrected chi connectivity index (χ1v) is 14.9. The molecular weight excluding hydrogens is 632 g/mol. The van der Waals surface area contributed by atoms with Crippen molar-refractivity contribution in [2.45, 2.75) is 13.0 Å². The number of halogens is 1. The first-order valence-electron chi connectivity index (χ1n) is 13.3. The van der Waals surface area contributed by atoms with Gasteiger partial charge < -0.3 is 18.9 Å². The monoisotopic (exact) mass is 658 g/mol. The zero-order valence-electron chi connectivity index (χ0n) is 23.6. The van der Waals surface area contributed by atoms with Crippen LogP contribution in [0.1, 0.15) is 29.7 Å². The molecule has 43 heavy (non-hydrogen) atoms. The van der Waals surface area contributed by atoms with E-state index in [9.17, 15) is 9.59 Å². The Morgan fingerprint density at radius 2 is 1.88 bits per heavy atom. The van der Waals surface area contributed by atoms with Crippen molar-refractivity contribution in [3.8, 4) is 29.6 Å². The van der Waals surface area contributed by atoms with E-state index >= 15 is 0 Å². The van der Waals surface area contributed by atoms with Crippen LogP contribution in [0.3, 0.4) is 0 Å². The fourth-order valence-corrected chi connectivity index (χ4v) is 6.17. The first kappa shape index (κ1) is 29.9. The topological polar surface area (TPSA) is 88.3 Å². The number of benzene rings is 3. The van der Waals surface area contributed by atoms with Crippen molar-refractivity contribution in [3.63, 3.8) is 0 Å². The minimum Gasteiger partial charge on any atom is -0.497 e. The summed E-state index contributed by atoms with van der Waals surface area (Å²) in [4.78, 5) is 33.3. The molecule has 1 aliphatic heterocycles. The highest BCUT2D eigenvalue weighted by Crippen LogP contribution is 2.40. The van der Waals surface area contributed by atoms with Gasteiger partial charge in [-0.1, -0.05) is 63.5 Å². The highest BCUT2D eigenvalue weighted by atomic mass is 79.9. The molecule has 8 nitrogen and oxygen atoms in total. The number of hydrogen-bond donors (Lipinski definition) is 0. The van der Waals surface area contributed by atoms with Crippen LogP contribution >= 0.6 is 27.3 Å². The smallest absolute Gasteiger partial charge is 0.338 e. The van der Waals surface area contributed by atoms with Gasteiger partial charge in [-0.3, -0.25) is 9.36 Å². The number of nitrogens with zero attached hydrogens (tertiary/aromatic N) is 2. The molecule has 3 aromatic carbocycles. The van der Waals surface area contributed by atoms with Crippen LogP contribution in [0.25, 0.3) is 11.8 Å². The van der Waals surface area contributed by atoms with Crippen molar-refractivity contribution in [1.82, 2.24) is 4.57 Å². The average molecular weight is 660 g/mol. The van der Waals surface area contributed by atoms with E-state index in [4.69, 9.17) is 30.4 Å². The van der Waals surface area contributed by atoms with Crippen LogP contribution in [-0.4, -0.2) is 38.0 Å². The number of fused-ring (bicyclic) bond motifs is 1. The number of aromatic nitrogens is 1.